The minimum Gasteiger partial charge on any atom is -0.406 e. The van der Waals surface area contributed by atoms with E-state index in [2.05, 4.69) is 4.74 Å². The first-order valence-electron chi connectivity index (χ1n) is 5.82. The third-order valence-electron chi connectivity index (χ3n) is 2.77. The maximum absolute atomic E-state index is 13.7. The maximum atomic E-state index is 13.7. The zero-order valence-electron chi connectivity index (χ0n) is 10.5. The molecule has 2 N–H and O–H groups in total. The van der Waals surface area contributed by atoms with E-state index >= 15 is 0 Å². The van der Waals surface area contributed by atoms with Crippen molar-refractivity contribution >= 4 is 11.6 Å². The van der Waals surface area contributed by atoms with Gasteiger partial charge < -0.3 is 10.5 Å². The van der Waals surface area contributed by atoms with E-state index in [1.807, 2.05) is 0 Å². The average molecular weight is 320 g/mol. The van der Waals surface area contributed by atoms with Crippen LogP contribution in [-0.2, 0) is 0 Å². The minimum absolute atomic E-state index is 0.159. The van der Waals surface area contributed by atoms with Crippen LogP contribution in [0.1, 0.15) is 17.2 Å². The zero-order valence-corrected chi connectivity index (χ0v) is 11.3. The molecule has 0 bridgehead atoms. The maximum Gasteiger partial charge on any atom is 0.573 e. The van der Waals surface area contributed by atoms with Crippen molar-refractivity contribution in [1.29, 1.82) is 0 Å². The van der Waals surface area contributed by atoms with Crippen molar-refractivity contribution in [3.05, 3.63) is 64.4 Å². The van der Waals surface area contributed by atoms with Gasteiger partial charge in [-0.05, 0) is 35.9 Å². The molecule has 0 aliphatic heterocycles. The van der Waals surface area contributed by atoms with Gasteiger partial charge in [0.2, 0.25) is 0 Å². The second-order valence-corrected chi connectivity index (χ2v) is 4.70. The highest BCUT2D eigenvalue weighted by Crippen LogP contribution is 2.28. The number of alkyl halides is 3. The molecular weight excluding hydrogens is 310 g/mol. The molecule has 0 amide bonds. The normalized spacial score (nSPS) is 13.0. The molecule has 0 aromatic heterocycles. The Labute approximate surface area is 123 Å². The quantitative estimate of drug-likeness (QED) is 0.850. The lowest BCUT2D eigenvalue weighted by atomic mass is 9.99. The Kier molecular flexibility index (Phi) is 4.39. The molecule has 0 aliphatic carbocycles. The van der Waals surface area contributed by atoms with Gasteiger partial charge in [-0.25, -0.2) is 4.39 Å². The van der Waals surface area contributed by atoms with E-state index < -0.39 is 18.2 Å². The molecule has 7 heteroatoms. The lowest BCUT2D eigenvalue weighted by Gasteiger charge is -2.15. The highest BCUT2D eigenvalue weighted by atomic mass is 35.5. The lowest BCUT2D eigenvalue weighted by Crippen LogP contribution is -2.17. The van der Waals surface area contributed by atoms with Crippen LogP contribution < -0.4 is 10.5 Å². The largest absolute Gasteiger partial charge is 0.573 e. The molecule has 2 aromatic carbocycles. The molecule has 0 aliphatic rings. The Hall–Kier alpha value is -1.79. The summed E-state index contributed by atoms with van der Waals surface area (Å²) in [6, 6.07) is 8.01. The molecule has 2 rings (SSSR count). The molecule has 0 spiro atoms. The molecular formula is C14H10ClF4NO. The van der Waals surface area contributed by atoms with Crippen molar-refractivity contribution in [3.63, 3.8) is 0 Å². The summed E-state index contributed by atoms with van der Waals surface area (Å²) in [6.07, 6.45) is -4.76. The van der Waals surface area contributed by atoms with Crippen LogP contribution in [0.5, 0.6) is 5.75 Å². The van der Waals surface area contributed by atoms with Gasteiger partial charge in [-0.15, -0.1) is 13.2 Å². The summed E-state index contributed by atoms with van der Waals surface area (Å²) < 4.78 is 53.6. The first-order chi connectivity index (χ1) is 9.76. The number of ether oxygens (including phenoxy) is 1. The van der Waals surface area contributed by atoms with E-state index in [0.29, 0.717) is 10.6 Å². The SMILES string of the molecule is N[C@@H](c1ccc(OC(F)(F)F)cc1)c1cc(Cl)ccc1F. The lowest BCUT2D eigenvalue weighted by molar-refractivity contribution is -0.274. The Morgan fingerprint density at radius 2 is 1.67 bits per heavy atom. The van der Waals surface area contributed by atoms with Crippen molar-refractivity contribution < 1.29 is 22.3 Å². The van der Waals surface area contributed by atoms with Gasteiger partial charge in [0, 0.05) is 10.6 Å². The number of rotatable bonds is 3. The predicted molar refractivity (Wildman–Crippen MR) is 70.6 cm³/mol. The van der Waals surface area contributed by atoms with Crippen molar-refractivity contribution in [2.24, 2.45) is 5.73 Å². The summed E-state index contributed by atoms with van der Waals surface area (Å²) in [5.74, 6) is -0.910. The van der Waals surface area contributed by atoms with Gasteiger partial charge in [-0.3, -0.25) is 0 Å². The van der Waals surface area contributed by atoms with Gasteiger partial charge in [0.15, 0.2) is 0 Å². The van der Waals surface area contributed by atoms with E-state index in [9.17, 15) is 17.6 Å². The summed E-state index contributed by atoms with van der Waals surface area (Å²) >= 11 is 5.78. The van der Waals surface area contributed by atoms with Crippen LogP contribution in [-0.4, -0.2) is 6.36 Å². The van der Waals surface area contributed by atoms with Crippen LogP contribution in [0.4, 0.5) is 17.6 Å². The van der Waals surface area contributed by atoms with Crippen LogP contribution in [0, 0.1) is 5.82 Å². The van der Waals surface area contributed by atoms with Gasteiger partial charge in [-0.1, -0.05) is 23.7 Å². The van der Waals surface area contributed by atoms with Crippen LogP contribution in [0.3, 0.4) is 0 Å². The Morgan fingerprint density at radius 1 is 1.05 bits per heavy atom. The molecule has 1 atom stereocenters. The fourth-order valence-electron chi connectivity index (χ4n) is 1.81. The van der Waals surface area contributed by atoms with Crippen LogP contribution in [0.25, 0.3) is 0 Å². The van der Waals surface area contributed by atoms with E-state index in [1.165, 1.54) is 30.3 Å². The topological polar surface area (TPSA) is 35.2 Å². The van der Waals surface area contributed by atoms with E-state index in [0.717, 1.165) is 12.1 Å². The summed E-state index contributed by atoms with van der Waals surface area (Å²) in [4.78, 5) is 0. The summed E-state index contributed by atoms with van der Waals surface area (Å²) in [5.41, 5.74) is 6.50. The number of hydrogen-bond acceptors (Lipinski definition) is 2. The van der Waals surface area contributed by atoms with Crippen molar-refractivity contribution in [3.8, 4) is 5.75 Å². The highest BCUT2D eigenvalue weighted by molar-refractivity contribution is 6.30. The van der Waals surface area contributed by atoms with E-state index in [1.54, 1.807) is 0 Å². The number of hydrogen-bond donors (Lipinski definition) is 1. The molecule has 21 heavy (non-hydrogen) atoms. The zero-order chi connectivity index (χ0) is 15.6. The number of benzene rings is 2. The molecule has 2 aromatic rings. The molecule has 0 unspecified atom stereocenters. The predicted octanol–water partition coefficient (Wildman–Crippen LogP) is 4.43. The van der Waals surface area contributed by atoms with Gasteiger partial charge in [-0.2, -0.15) is 0 Å². The number of nitrogens with two attached hydrogens (primary N) is 1. The second kappa shape index (κ2) is 5.91. The van der Waals surface area contributed by atoms with E-state index in [4.69, 9.17) is 17.3 Å². The standard InChI is InChI=1S/C14H10ClF4NO/c15-9-3-6-12(16)11(7-9)13(20)8-1-4-10(5-2-8)21-14(17,18)19/h1-7,13H,20H2/t13-/m0/s1. The first-order valence-corrected chi connectivity index (χ1v) is 6.20. The Morgan fingerprint density at radius 3 is 2.24 bits per heavy atom. The average Bonchev–Trinajstić information content (AvgIpc) is 2.40. The fourth-order valence-corrected chi connectivity index (χ4v) is 1.99. The molecule has 0 saturated carbocycles. The van der Waals surface area contributed by atoms with E-state index in [-0.39, 0.29) is 11.3 Å². The van der Waals surface area contributed by atoms with Crippen LogP contribution in [0.2, 0.25) is 5.02 Å². The molecule has 112 valence electrons. The van der Waals surface area contributed by atoms with Crippen LogP contribution >= 0.6 is 11.6 Å². The smallest absolute Gasteiger partial charge is 0.406 e. The monoisotopic (exact) mass is 319 g/mol. The van der Waals surface area contributed by atoms with Gasteiger partial charge in [0.05, 0.1) is 6.04 Å². The Bertz CT molecular complexity index is 628. The van der Waals surface area contributed by atoms with Crippen molar-refractivity contribution in [1.82, 2.24) is 0 Å². The van der Waals surface area contributed by atoms with Crippen molar-refractivity contribution in [2.75, 3.05) is 0 Å². The summed E-state index contributed by atoms with van der Waals surface area (Å²) in [6.45, 7) is 0. The molecule has 0 saturated heterocycles. The summed E-state index contributed by atoms with van der Waals surface area (Å²) in [7, 11) is 0. The number of halogens is 5. The van der Waals surface area contributed by atoms with Gasteiger partial charge in [0.25, 0.3) is 0 Å². The first kappa shape index (κ1) is 15.6. The third-order valence-corrected chi connectivity index (χ3v) is 3.00. The Balaban J connectivity index is 2.24. The van der Waals surface area contributed by atoms with Gasteiger partial charge >= 0.3 is 6.36 Å². The molecule has 2 nitrogen and oxygen atoms in total. The second-order valence-electron chi connectivity index (χ2n) is 4.26. The fraction of sp³-hybridized carbons (Fsp3) is 0.143. The van der Waals surface area contributed by atoms with Crippen LogP contribution in [0.15, 0.2) is 42.5 Å². The highest BCUT2D eigenvalue weighted by Gasteiger charge is 2.31. The molecule has 0 fully saturated rings. The minimum atomic E-state index is -4.76. The third kappa shape index (κ3) is 4.09. The molecule has 0 heterocycles. The summed E-state index contributed by atoms with van der Waals surface area (Å²) in [5, 5.41) is 0.318. The van der Waals surface area contributed by atoms with Crippen molar-refractivity contribution in [2.45, 2.75) is 12.4 Å². The van der Waals surface area contributed by atoms with Gasteiger partial charge in [0.1, 0.15) is 11.6 Å². The molecule has 0 radical (unpaired) electrons.